The molecule has 0 saturated heterocycles. The lowest BCUT2D eigenvalue weighted by atomic mass is 10.2. The Hall–Kier alpha value is -3.30. The van der Waals surface area contributed by atoms with Crippen molar-refractivity contribution in [3.63, 3.8) is 0 Å². The molecule has 0 bridgehead atoms. The zero-order valence-electron chi connectivity index (χ0n) is 17.0. The number of carbonyl (C=O) groups excluding carboxylic acids is 1. The summed E-state index contributed by atoms with van der Waals surface area (Å²) in [6.07, 6.45) is -4.54. The van der Waals surface area contributed by atoms with Gasteiger partial charge in [-0.3, -0.25) is 10.1 Å². The van der Waals surface area contributed by atoms with Crippen molar-refractivity contribution in [3.05, 3.63) is 88.9 Å². The molecule has 10 heteroatoms. The van der Waals surface area contributed by atoms with Crippen LogP contribution in [0.15, 0.2) is 72.8 Å². The smallest absolute Gasteiger partial charge is 0.416 e. The highest BCUT2D eigenvalue weighted by Gasteiger charge is 2.31. The van der Waals surface area contributed by atoms with Gasteiger partial charge in [-0.2, -0.15) is 13.2 Å². The van der Waals surface area contributed by atoms with Crippen LogP contribution in [-0.2, 0) is 6.18 Å². The summed E-state index contributed by atoms with van der Waals surface area (Å²) in [5.74, 6) is 0.735. The van der Waals surface area contributed by atoms with Crippen LogP contribution < -0.4 is 20.1 Å². The number of halogens is 4. The van der Waals surface area contributed by atoms with Crippen molar-refractivity contribution in [3.8, 4) is 11.5 Å². The third-order valence-electron chi connectivity index (χ3n) is 4.25. The van der Waals surface area contributed by atoms with Gasteiger partial charge in [0.05, 0.1) is 16.3 Å². The number of thiocarbonyl (C=S) groups is 1. The molecule has 0 aliphatic carbocycles. The van der Waals surface area contributed by atoms with Crippen LogP contribution in [0.3, 0.4) is 0 Å². The summed E-state index contributed by atoms with van der Waals surface area (Å²) in [6.45, 7) is 0.663. The van der Waals surface area contributed by atoms with E-state index in [1.807, 2.05) is 30.3 Å². The fourth-order valence-corrected chi connectivity index (χ4v) is 3.03. The fraction of sp³-hybridized carbons (Fsp3) is 0.130. The zero-order chi connectivity index (χ0) is 23.8. The summed E-state index contributed by atoms with van der Waals surface area (Å²) < 4.78 is 49.8. The quantitative estimate of drug-likeness (QED) is 0.314. The van der Waals surface area contributed by atoms with E-state index in [9.17, 15) is 18.0 Å². The average molecular weight is 495 g/mol. The van der Waals surface area contributed by atoms with E-state index in [-0.39, 0.29) is 21.4 Å². The van der Waals surface area contributed by atoms with Crippen molar-refractivity contribution >= 4 is 40.5 Å². The first-order valence-electron chi connectivity index (χ1n) is 9.62. The molecule has 0 aliphatic rings. The normalized spacial score (nSPS) is 10.9. The van der Waals surface area contributed by atoms with Crippen molar-refractivity contribution in [2.24, 2.45) is 0 Å². The van der Waals surface area contributed by atoms with Crippen molar-refractivity contribution in [2.45, 2.75) is 6.18 Å². The predicted octanol–water partition coefficient (Wildman–Crippen LogP) is 5.94. The monoisotopic (exact) mass is 494 g/mol. The van der Waals surface area contributed by atoms with Gasteiger partial charge in [0, 0.05) is 5.56 Å². The van der Waals surface area contributed by atoms with E-state index in [0.717, 1.165) is 23.9 Å². The highest BCUT2D eigenvalue weighted by molar-refractivity contribution is 7.80. The molecule has 0 fully saturated rings. The Kier molecular flexibility index (Phi) is 8.13. The Bertz CT molecular complexity index is 1110. The topological polar surface area (TPSA) is 59.6 Å². The first-order chi connectivity index (χ1) is 15.7. The molecule has 1 amide bonds. The van der Waals surface area contributed by atoms with Gasteiger partial charge in [0.25, 0.3) is 5.91 Å². The highest BCUT2D eigenvalue weighted by Crippen LogP contribution is 2.33. The fourth-order valence-electron chi connectivity index (χ4n) is 2.66. The van der Waals surface area contributed by atoms with Gasteiger partial charge in [-0.1, -0.05) is 29.8 Å². The Morgan fingerprint density at radius 3 is 2.12 bits per heavy atom. The number of anilines is 1. The molecule has 0 heterocycles. The third kappa shape index (κ3) is 7.37. The lowest BCUT2D eigenvalue weighted by molar-refractivity contribution is -0.137. The lowest BCUT2D eigenvalue weighted by Crippen LogP contribution is -2.34. The summed E-state index contributed by atoms with van der Waals surface area (Å²) in [5, 5.41) is 4.74. The van der Waals surface area contributed by atoms with Crippen LogP contribution in [0.1, 0.15) is 15.9 Å². The number of nitrogens with one attached hydrogen (secondary N) is 2. The van der Waals surface area contributed by atoms with Gasteiger partial charge in [-0.25, -0.2) is 0 Å². The maximum atomic E-state index is 12.9. The Labute approximate surface area is 198 Å². The standard InChI is InChI=1S/C23H18ClF3N2O3S/c24-19-11-8-16(23(25,26)27)14-20(19)28-22(33)29-21(30)15-6-9-18(10-7-15)32-13-12-31-17-4-2-1-3-5-17/h1-11,14H,12-13H2,(H2,28,29,30,33). The molecule has 0 saturated carbocycles. The van der Waals surface area contributed by atoms with Crippen molar-refractivity contribution in [2.75, 3.05) is 18.5 Å². The van der Waals surface area contributed by atoms with Gasteiger partial charge in [0.15, 0.2) is 5.11 Å². The van der Waals surface area contributed by atoms with E-state index in [4.69, 9.17) is 33.3 Å². The minimum atomic E-state index is -4.54. The molecule has 5 nitrogen and oxygen atoms in total. The summed E-state index contributed by atoms with van der Waals surface area (Å²) in [4.78, 5) is 12.4. The number of amides is 1. The molecule has 0 aliphatic heterocycles. The molecule has 0 unspecified atom stereocenters. The highest BCUT2D eigenvalue weighted by atomic mass is 35.5. The molecular formula is C23H18ClF3N2O3S. The van der Waals surface area contributed by atoms with Gasteiger partial charge in [0.1, 0.15) is 24.7 Å². The first-order valence-corrected chi connectivity index (χ1v) is 10.4. The summed E-state index contributed by atoms with van der Waals surface area (Å²) in [7, 11) is 0. The van der Waals surface area contributed by atoms with Gasteiger partial charge in [-0.15, -0.1) is 0 Å². The average Bonchev–Trinajstić information content (AvgIpc) is 2.78. The van der Waals surface area contributed by atoms with Crippen molar-refractivity contribution in [1.82, 2.24) is 5.32 Å². The van der Waals surface area contributed by atoms with Gasteiger partial charge < -0.3 is 14.8 Å². The number of hydrogen-bond acceptors (Lipinski definition) is 4. The Morgan fingerprint density at radius 2 is 1.52 bits per heavy atom. The second-order valence-corrected chi connectivity index (χ2v) is 7.45. The number of ether oxygens (including phenoxy) is 2. The van der Waals surface area contributed by atoms with E-state index < -0.39 is 17.6 Å². The number of hydrogen-bond donors (Lipinski definition) is 2. The molecule has 2 N–H and O–H groups in total. The third-order valence-corrected chi connectivity index (χ3v) is 4.78. The van der Waals surface area contributed by atoms with Crippen LogP contribution in [0.5, 0.6) is 11.5 Å². The number of para-hydroxylation sites is 1. The SMILES string of the molecule is O=C(NC(=S)Nc1cc(C(F)(F)F)ccc1Cl)c1ccc(OCCOc2ccccc2)cc1. The molecule has 3 aromatic carbocycles. The number of alkyl halides is 3. The Balaban J connectivity index is 1.49. The number of benzene rings is 3. The summed E-state index contributed by atoms with van der Waals surface area (Å²) in [6, 6.07) is 18.4. The minimum absolute atomic E-state index is 0.0253. The van der Waals surface area contributed by atoms with Crippen molar-refractivity contribution < 1.29 is 27.4 Å². The molecule has 3 rings (SSSR count). The summed E-state index contributed by atoms with van der Waals surface area (Å²) in [5.41, 5.74) is -0.686. The van der Waals surface area contributed by atoms with Crippen LogP contribution in [0, 0.1) is 0 Å². The van der Waals surface area contributed by atoms with E-state index in [1.165, 1.54) is 12.1 Å². The molecule has 0 aromatic heterocycles. The van der Waals surface area contributed by atoms with Gasteiger partial charge >= 0.3 is 6.18 Å². The second-order valence-electron chi connectivity index (χ2n) is 6.63. The largest absolute Gasteiger partial charge is 0.490 e. The Morgan fingerprint density at radius 1 is 0.909 bits per heavy atom. The lowest BCUT2D eigenvalue weighted by Gasteiger charge is -2.14. The second kappa shape index (κ2) is 11.0. The van der Waals surface area contributed by atoms with Crippen LogP contribution in [0.25, 0.3) is 0 Å². The van der Waals surface area contributed by atoms with Gasteiger partial charge in [0.2, 0.25) is 0 Å². The van der Waals surface area contributed by atoms with Crippen LogP contribution in [0.4, 0.5) is 18.9 Å². The number of carbonyl (C=O) groups is 1. The molecule has 0 radical (unpaired) electrons. The van der Waals surface area contributed by atoms with Crippen LogP contribution in [-0.4, -0.2) is 24.2 Å². The molecular weight excluding hydrogens is 477 g/mol. The van der Waals surface area contributed by atoms with Crippen LogP contribution >= 0.6 is 23.8 Å². The maximum absolute atomic E-state index is 12.9. The maximum Gasteiger partial charge on any atom is 0.416 e. The molecule has 0 spiro atoms. The summed E-state index contributed by atoms with van der Waals surface area (Å²) >= 11 is 10.9. The van der Waals surface area contributed by atoms with E-state index >= 15 is 0 Å². The van der Waals surface area contributed by atoms with E-state index in [1.54, 1.807) is 12.1 Å². The van der Waals surface area contributed by atoms with E-state index in [2.05, 4.69) is 10.6 Å². The zero-order valence-corrected chi connectivity index (χ0v) is 18.6. The van der Waals surface area contributed by atoms with Crippen molar-refractivity contribution in [1.29, 1.82) is 0 Å². The molecule has 172 valence electrons. The first kappa shape index (κ1) is 24.3. The van der Waals surface area contributed by atoms with Crippen LogP contribution in [0.2, 0.25) is 5.02 Å². The molecule has 0 atom stereocenters. The number of rotatable bonds is 7. The van der Waals surface area contributed by atoms with E-state index in [0.29, 0.717) is 19.0 Å². The molecule has 3 aromatic rings. The minimum Gasteiger partial charge on any atom is -0.490 e. The van der Waals surface area contributed by atoms with Gasteiger partial charge in [-0.05, 0) is 66.8 Å². The molecule has 33 heavy (non-hydrogen) atoms. The predicted molar refractivity (Wildman–Crippen MR) is 124 cm³/mol.